The fourth-order valence-corrected chi connectivity index (χ4v) is 2.79. The van der Waals surface area contributed by atoms with Crippen molar-refractivity contribution in [1.82, 2.24) is 4.90 Å². The van der Waals surface area contributed by atoms with Crippen molar-refractivity contribution in [2.24, 2.45) is 0 Å². The van der Waals surface area contributed by atoms with Gasteiger partial charge in [-0.1, -0.05) is 36.6 Å². The van der Waals surface area contributed by atoms with E-state index in [-0.39, 0.29) is 24.9 Å². The van der Waals surface area contributed by atoms with Crippen LogP contribution in [0.3, 0.4) is 0 Å². The van der Waals surface area contributed by atoms with Gasteiger partial charge in [0.2, 0.25) is 5.91 Å². The maximum atomic E-state index is 12.3. The minimum Gasteiger partial charge on any atom is -0.480 e. The topological polar surface area (TPSA) is 57.6 Å². The van der Waals surface area contributed by atoms with Crippen molar-refractivity contribution in [2.45, 2.75) is 38.1 Å². The van der Waals surface area contributed by atoms with E-state index in [1.54, 1.807) is 24.3 Å². The first-order valence-electron chi connectivity index (χ1n) is 6.82. The number of halogens is 1. The van der Waals surface area contributed by atoms with Crippen molar-refractivity contribution < 1.29 is 14.7 Å². The second kappa shape index (κ2) is 6.75. The van der Waals surface area contributed by atoms with E-state index in [0.29, 0.717) is 5.02 Å². The summed E-state index contributed by atoms with van der Waals surface area (Å²) in [5, 5.41) is 9.61. The van der Waals surface area contributed by atoms with Crippen LogP contribution in [0.2, 0.25) is 5.02 Å². The zero-order valence-electron chi connectivity index (χ0n) is 11.2. The van der Waals surface area contributed by atoms with E-state index in [9.17, 15) is 9.59 Å². The Morgan fingerprint density at radius 2 is 1.80 bits per heavy atom. The number of aliphatic carboxylic acids is 1. The molecule has 0 radical (unpaired) electrons. The Hall–Kier alpha value is -1.55. The maximum absolute atomic E-state index is 12.3. The van der Waals surface area contributed by atoms with E-state index in [1.165, 1.54) is 4.90 Å². The van der Waals surface area contributed by atoms with Crippen LogP contribution in [0.1, 0.15) is 31.2 Å². The third-order valence-electron chi connectivity index (χ3n) is 3.66. The smallest absolute Gasteiger partial charge is 0.323 e. The van der Waals surface area contributed by atoms with Gasteiger partial charge < -0.3 is 10.0 Å². The normalized spacial score (nSPS) is 15.2. The van der Waals surface area contributed by atoms with Crippen LogP contribution in [-0.4, -0.2) is 34.5 Å². The summed E-state index contributed by atoms with van der Waals surface area (Å²) in [5.74, 6) is -1.08. The van der Waals surface area contributed by atoms with E-state index < -0.39 is 5.97 Å². The largest absolute Gasteiger partial charge is 0.480 e. The molecule has 0 unspecified atom stereocenters. The minimum atomic E-state index is -0.957. The summed E-state index contributed by atoms with van der Waals surface area (Å²) < 4.78 is 0. The Morgan fingerprint density at radius 3 is 2.35 bits per heavy atom. The van der Waals surface area contributed by atoms with Crippen molar-refractivity contribution in [1.29, 1.82) is 0 Å². The van der Waals surface area contributed by atoms with Crippen LogP contribution in [0, 0.1) is 0 Å². The summed E-state index contributed by atoms with van der Waals surface area (Å²) in [5.41, 5.74) is 0.854. The van der Waals surface area contributed by atoms with E-state index in [1.807, 2.05) is 0 Å². The minimum absolute atomic E-state index is 0.0749. The number of hydrogen-bond donors (Lipinski definition) is 1. The van der Waals surface area contributed by atoms with E-state index in [4.69, 9.17) is 16.7 Å². The third-order valence-corrected chi connectivity index (χ3v) is 3.91. The van der Waals surface area contributed by atoms with Crippen LogP contribution in [0.15, 0.2) is 24.3 Å². The summed E-state index contributed by atoms with van der Waals surface area (Å²) in [7, 11) is 0. The van der Waals surface area contributed by atoms with Gasteiger partial charge in [-0.2, -0.15) is 0 Å². The van der Waals surface area contributed by atoms with Crippen molar-refractivity contribution in [2.75, 3.05) is 6.54 Å². The third kappa shape index (κ3) is 3.97. The summed E-state index contributed by atoms with van der Waals surface area (Å²) in [6.45, 7) is -0.211. The molecular weight excluding hydrogens is 278 g/mol. The molecule has 0 spiro atoms. The fraction of sp³-hybridized carbons (Fsp3) is 0.467. The molecule has 1 aliphatic rings. The highest BCUT2D eigenvalue weighted by molar-refractivity contribution is 6.30. The number of hydrogen-bond acceptors (Lipinski definition) is 2. The van der Waals surface area contributed by atoms with Gasteiger partial charge in [-0.05, 0) is 30.5 Å². The van der Waals surface area contributed by atoms with Gasteiger partial charge in [0.1, 0.15) is 6.54 Å². The molecule has 1 N–H and O–H groups in total. The molecule has 1 aromatic rings. The number of rotatable bonds is 5. The number of benzene rings is 1. The molecule has 1 amide bonds. The van der Waals surface area contributed by atoms with Gasteiger partial charge in [0.15, 0.2) is 0 Å². The quantitative estimate of drug-likeness (QED) is 0.908. The van der Waals surface area contributed by atoms with Crippen molar-refractivity contribution in [3.05, 3.63) is 34.9 Å². The standard InChI is InChI=1S/C15H18ClNO3/c16-12-7-5-11(6-8-12)9-14(18)17(10-15(19)20)13-3-1-2-4-13/h5-8,13H,1-4,9-10H2,(H,19,20). The molecule has 0 aromatic heterocycles. The van der Waals surface area contributed by atoms with Gasteiger partial charge in [-0.15, -0.1) is 0 Å². The summed E-state index contributed by atoms with van der Waals surface area (Å²) >= 11 is 5.81. The Kier molecular flexibility index (Phi) is 5.01. The lowest BCUT2D eigenvalue weighted by molar-refractivity contribution is -0.145. The van der Waals surface area contributed by atoms with E-state index in [0.717, 1.165) is 31.2 Å². The van der Waals surface area contributed by atoms with Gasteiger partial charge in [0.05, 0.1) is 6.42 Å². The van der Waals surface area contributed by atoms with Crippen LogP contribution in [0.25, 0.3) is 0 Å². The number of carboxylic acid groups (broad SMARTS) is 1. The van der Waals surface area contributed by atoms with Gasteiger partial charge in [-0.25, -0.2) is 0 Å². The van der Waals surface area contributed by atoms with Crippen LogP contribution in [0.4, 0.5) is 0 Å². The van der Waals surface area contributed by atoms with Crippen LogP contribution < -0.4 is 0 Å². The van der Waals surface area contributed by atoms with Crippen LogP contribution >= 0.6 is 11.6 Å². The number of carboxylic acids is 1. The molecule has 1 aromatic carbocycles. The zero-order chi connectivity index (χ0) is 14.5. The lowest BCUT2D eigenvalue weighted by atomic mass is 10.1. The van der Waals surface area contributed by atoms with Gasteiger partial charge in [0, 0.05) is 11.1 Å². The molecule has 0 heterocycles. The van der Waals surface area contributed by atoms with Gasteiger partial charge in [-0.3, -0.25) is 9.59 Å². The van der Waals surface area contributed by atoms with Gasteiger partial charge >= 0.3 is 5.97 Å². The predicted octanol–water partition coefficient (Wildman–Crippen LogP) is 2.74. The second-order valence-corrected chi connectivity index (χ2v) is 5.59. The second-order valence-electron chi connectivity index (χ2n) is 5.16. The average Bonchev–Trinajstić information content (AvgIpc) is 2.92. The van der Waals surface area contributed by atoms with Crippen molar-refractivity contribution in [3.8, 4) is 0 Å². The molecule has 2 rings (SSSR count). The average molecular weight is 296 g/mol. The number of amides is 1. The van der Waals surface area contributed by atoms with E-state index >= 15 is 0 Å². The maximum Gasteiger partial charge on any atom is 0.323 e. The highest BCUT2D eigenvalue weighted by Crippen LogP contribution is 2.24. The molecule has 1 saturated carbocycles. The molecule has 0 bridgehead atoms. The summed E-state index contributed by atoms with van der Waals surface area (Å²) in [6, 6.07) is 7.15. The molecule has 108 valence electrons. The molecule has 0 atom stereocenters. The molecule has 1 fully saturated rings. The predicted molar refractivity (Wildman–Crippen MR) is 76.8 cm³/mol. The molecular formula is C15H18ClNO3. The van der Waals surface area contributed by atoms with Crippen LogP contribution in [-0.2, 0) is 16.0 Å². The van der Waals surface area contributed by atoms with Crippen molar-refractivity contribution >= 4 is 23.5 Å². The SMILES string of the molecule is O=C(O)CN(C(=O)Cc1ccc(Cl)cc1)C1CCCC1. The zero-order valence-corrected chi connectivity index (χ0v) is 12.0. The first kappa shape index (κ1) is 14.9. The Morgan fingerprint density at radius 1 is 1.20 bits per heavy atom. The Labute approximate surface area is 123 Å². The lowest BCUT2D eigenvalue weighted by Crippen LogP contribution is -2.43. The highest BCUT2D eigenvalue weighted by atomic mass is 35.5. The number of carbonyl (C=O) groups is 2. The Balaban J connectivity index is 2.05. The monoisotopic (exact) mass is 295 g/mol. The number of carbonyl (C=O) groups excluding carboxylic acids is 1. The van der Waals surface area contributed by atoms with Crippen molar-refractivity contribution in [3.63, 3.8) is 0 Å². The fourth-order valence-electron chi connectivity index (χ4n) is 2.66. The summed E-state index contributed by atoms with van der Waals surface area (Å²) in [6.07, 6.45) is 4.16. The molecule has 1 aliphatic carbocycles. The first-order valence-corrected chi connectivity index (χ1v) is 7.20. The highest BCUT2D eigenvalue weighted by Gasteiger charge is 2.28. The lowest BCUT2D eigenvalue weighted by Gasteiger charge is -2.27. The first-order chi connectivity index (χ1) is 9.56. The molecule has 4 nitrogen and oxygen atoms in total. The van der Waals surface area contributed by atoms with Crippen LogP contribution in [0.5, 0.6) is 0 Å². The molecule has 5 heteroatoms. The van der Waals surface area contributed by atoms with Gasteiger partial charge in [0.25, 0.3) is 0 Å². The molecule has 0 aliphatic heterocycles. The molecule has 20 heavy (non-hydrogen) atoms. The Bertz CT molecular complexity index is 480. The summed E-state index contributed by atoms with van der Waals surface area (Å²) in [4.78, 5) is 24.8. The number of nitrogens with zero attached hydrogens (tertiary/aromatic N) is 1. The molecule has 0 saturated heterocycles. The van der Waals surface area contributed by atoms with E-state index in [2.05, 4.69) is 0 Å².